The van der Waals surface area contributed by atoms with Crippen LogP contribution >= 0.6 is 11.6 Å². The van der Waals surface area contributed by atoms with Crippen LogP contribution < -0.4 is 14.8 Å². The third kappa shape index (κ3) is 3.58. The number of halogens is 1. The van der Waals surface area contributed by atoms with Crippen molar-refractivity contribution in [2.45, 2.75) is 0 Å². The van der Waals surface area contributed by atoms with Crippen molar-refractivity contribution in [2.24, 2.45) is 0 Å². The molecule has 0 aliphatic rings. The molecule has 0 unspecified atom stereocenters. The number of rotatable bonds is 5. The summed E-state index contributed by atoms with van der Waals surface area (Å²) in [7, 11) is 3.22. The van der Waals surface area contributed by atoms with Gasteiger partial charge >= 0.3 is 0 Å². The number of nitrogens with one attached hydrogen (secondary N) is 1. The Labute approximate surface area is 145 Å². The van der Waals surface area contributed by atoms with Gasteiger partial charge in [-0.25, -0.2) is 0 Å². The van der Waals surface area contributed by atoms with E-state index in [4.69, 9.17) is 21.1 Å². The zero-order valence-corrected chi connectivity index (χ0v) is 14.0. The van der Waals surface area contributed by atoms with Crippen molar-refractivity contribution in [3.8, 4) is 22.8 Å². The van der Waals surface area contributed by atoms with E-state index in [1.165, 1.54) is 0 Å². The second-order valence-corrected chi connectivity index (χ2v) is 5.41. The molecule has 0 saturated carbocycles. The predicted molar refractivity (Wildman–Crippen MR) is 95.3 cm³/mol. The van der Waals surface area contributed by atoms with Gasteiger partial charge in [0, 0.05) is 11.3 Å². The molecule has 0 amide bonds. The Bertz CT molecular complexity index is 821. The molecule has 1 aromatic heterocycles. The van der Waals surface area contributed by atoms with Crippen molar-refractivity contribution in [1.29, 1.82) is 0 Å². The van der Waals surface area contributed by atoms with Crippen LogP contribution in [0.15, 0.2) is 54.6 Å². The first-order valence-electron chi connectivity index (χ1n) is 7.28. The van der Waals surface area contributed by atoms with E-state index in [1.54, 1.807) is 26.4 Å². The molecular formula is C18H16ClN3O2. The smallest absolute Gasteiger partial charge is 0.153 e. The number of methoxy groups -OCH3 is 2. The van der Waals surface area contributed by atoms with Crippen LogP contribution in [0.1, 0.15) is 0 Å². The Hall–Kier alpha value is -2.79. The molecule has 0 saturated heterocycles. The average Bonchev–Trinajstić information content (AvgIpc) is 2.63. The van der Waals surface area contributed by atoms with Gasteiger partial charge in [0.1, 0.15) is 11.5 Å². The van der Waals surface area contributed by atoms with Gasteiger partial charge in [-0.3, -0.25) is 0 Å². The number of aromatic nitrogens is 2. The fourth-order valence-electron chi connectivity index (χ4n) is 2.21. The minimum Gasteiger partial charge on any atom is -0.497 e. The summed E-state index contributed by atoms with van der Waals surface area (Å²) in [4.78, 5) is 0. The molecule has 2 aromatic carbocycles. The normalized spacial score (nSPS) is 10.3. The van der Waals surface area contributed by atoms with Crippen molar-refractivity contribution in [3.05, 3.63) is 59.6 Å². The van der Waals surface area contributed by atoms with E-state index in [0.717, 1.165) is 22.7 Å². The topological polar surface area (TPSA) is 56.3 Å². The van der Waals surface area contributed by atoms with Crippen molar-refractivity contribution in [2.75, 3.05) is 19.5 Å². The molecule has 0 spiro atoms. The molecule has 3 aromatic rings. The monoisotopic (exact) mass is 341 g/mol. The molecule has 0 atom stereocenters. The van der Waals surface area contributed by atoms with Gasteiger partial charge in [-0.15, -0.1) is 10.2 Å². The van der Waals surface area contributed by atoms with Crippen LogP contribution in [0.4, 0.5) is 11.5 Å². The van der Waals surface area contributed by atoms with Gasteiger partial charge in [0.2, 0.25) is 0 Å². The molecule has 3 rings (SSSR count). The highest BCUT2D eigenvalue weighted by Gasteiger charge is 2.05. The maximum atomic E-state index is 6.11. The lowest BCUT2D eigenvalue weighted by Gasteiger charge is -2.08. The standard InChI is InChI=1S/C18H16ClN3O2/c1-23-14-6-3-12(4-7-14)16-8-10-18(22-21-16)20-13-5-9-17(24-2)15(19)11-13/h3-11H,1-2H3,(H,20,22). The first-order chi connectivity index (χ1) is 11.7. The Morgan fingerprint density at radius 1 is 0.875 bits per heavy atom. The summed E-state index contributed by atoms with van der Waals surface area (Å²) in [5.74, 6) is 2.07. The second-order valence-electron chi connectivity index (χ2n) is 5.01. The second kappa shape index (κ2) is 7.19. The minimum absolute atomic E-state index is 0.533. The number of hydrogen-bond acceptors (Lipinski definition) is 5. The van der Waals surface area contributed by atoms with Crippen LogP contribution in [0.25, 0.3) is 11.3 Å². The first-order valence-corrected chi connectivity index (χ1v) is 7.66. The molecular weight excluding hydrogens is 326 g/mol. The van der Waals surface area contributed by atoms with E-state index in [9.17, 15) is 0 Å². The quantitative estimate of drug-likeness (QED) is 0.737. The fourth-order valence-corrected chi connectivity index (χ4v) is 2.46. The molecule has 122 valence electrons. The van der Waals surface area contributed by atoms with Gasteiger partial charge in [0.05, 0.1) is 24.9 Å². The summed E-state index contributed by atoms with van der Waals surface area (Å²) >= 11 is 6.11. The molecule has 0 radical (unpaired) electrons. The Kier molecular flexibility index (Phi) is 4.82. The number of ether oxygens (including phenoxy) is 2. The van der Waals surface area contributed by atoms with Crippen molar-refractivity contribution >= 4 is 23.1 Å². The highest BCUT2D eigenvalue weighted by atomic mass is 35.5. The number of benzene rings is 2. The molecule has 0 aliphatic carbocycles. The van der Waals surface area contributed by atoms with E-state index in [1.807, 2.05) is 42.5 Å². The summed E-state index contributed by atoms with van der Waals surface area (Å²) in [5, 5.41) is 12.1. The Balaban J connectivity index is 1.75. The maximum Gasteiger partial charge on any atom is 0.153 e. The fraction of sp³-hybridized carbons (Fsp3) is 0.111. The number of hydrogen-bond donors (Lipinski definition) is 1. The first kappa shape index (κ1) is 16.1. The van der Waals surface area contributed by atoms with Gasteiger partial charge in [-0.05, 0) is 54.6 Å². The van der Waals surface area contributed by atoms with Gasteiger partial charge in [-0.2, -0.15) is 0 Å². The van der Waals surface area contributed by atoms with Crippen LogP contribution in [-0.4, -0.2) is 24.4 Å². The summed E-state index contributed by atoms with van der Waals surface area (Å²) < 4.78 is 10.3. The molecule has 6 heteroatoms. The predicted octanol–water partition coefficient (Wildman–Crippen LogP) is 4.56. The zero-order valence-electron chi connectivity index (χ0n) is 13.3. The zero-order chi connectivity index (χ0) is 16.9. The van der Waals surface area contributed by atoms with Crippen LogP contribution in [-0.2, 0) is 0 Å². The van der Waals surface area contributed by atoms with Crippen LogP contribution in [0.5, 0.6) is 11.5 Å². The highest BCUT2D eigenvalue weighted by molar-refractivity contribution is 6.32. The van der Waals surface area contributed by atoms with E-state index in [2.05, 4.69) is 15.5 Å². The maximum absolute atomic E-state index is 6.11. The van der Waals surface area contributed by atoms with Crippen LogP contribution in [0, 0.1) is 0 Å². The SMILES string of the molecule is COc1ccc(-c2ccc(Nc3ccc(OC)c(Cl)c3)nn2)cc1. The van der Waals surface area contributed by atoms with E-state index < -0.39 is 0 Å². The number of anilines is 2. The van der Waals surface area contributed by atoms with Crippen molar-refractivity contribution < 1.29 is 9.47 Å². The third-order valence-corrected chi connectivity index (χ3v) is 3.77. The lowest BCUT2D eigenvalue weighted by molar-refractivity contribution is 0.415. The summed E-state index contributed by atoms with van der Waals surface area (Å²) in [6, 6.07) is 16.9. The van der Waals surface area contributed by atoms with Crippen molar-refractivity contribution in [1.82, 2.24) is 10.2 Å². The van der Waals surface area contributed by atoms with E-state index >= 15 is 0 Å². The number of nitrogens with zero attached hydrogens (tertiary/aromatic N) is 2. The van der Waals surface area contributed by atoms with Crippen LogP contribution in [0.3, 0.4) is 0 Å². The molecule has 1 N–H and O–H groups in total. The van der Waals surface area contributed by atoms with Crippen molar-refractivity contribution in [3.63, 3.8) is 0 Å². The average molecular weight is 342 g/mol. The Morgan fingerprint density at radius 3 is 2.25 bits per heavy atom. The van der Waals surface area contributed by atoms with E-state index in [0.29, 0.717) is 16.6 Å². The van der Waals surface area contributed by atoms with E-state index in [-0.39, 0.29) is 0 Å². The highest BCUT2D eigenvalue weighted by Crippen LogP contribution is 2.28. The molecule has 5 nitrogen and oxygen atoms in total. The van der Waals surface area contributed by atoms with Gasteiger partial charge in [0.25, 0.3) is 0 Å². The molecule has 0 aliphatic heterocycles. The lowest BCUT2D eigenvalue weighted by atomic mass is 10.1. The molecule has 0 bridgehead atoms. The van der Waals surface area contributed by atoms with Gasteiger partial charge < -0.3 is 14.8 Å². The van der Waals surface area contributed by atoms with Crippen LogP contribution in [0.2, 0.25) is 5.02 Å². The van der Waals surface area contributed by atoms with Gasteiger partial charge in [0.15, 0.2) is 5.82 Å². The Morgan fingerprint density at radius 2 is 1.67 bits per heavy atom. The summed E-state index contributed by atoms with van der Waals surface area (Å²) in [5.41, 5.74) is 2.57. The third-order valence-electron chi connectivity index (χ3n) is 3.47. The molecule has 24 heavy (non-hydrogen) atoms. The summed E-state index contributed by atoms with van der Waals surface area (Å²) in [6.45, 7) is 0. The minimum atomic E-state index is 0.533. The molecule has 0 fully saturated rings. The van der Waals surface area contributed by atoms with Gasteiger partial charge in [-0.1, -0.05) is 11.6 Å². The largest absolute Gasteiger partial charge is 0.497 e. The summed E-state index contributed by atoms with van der Waals surface area (Å²) in [6.07, 6.45) is 0. The molecule has 1 heterocycles. The lowest BCUT2D eigenvalue weighted by Crippen LogP contribution is -1.97.